The van der Waals surface area contributed by atoms with E-state index in [-0.39, 0.29) is 18.0 Å². The van der Waals surface area contributed by atoms with Crippen LogP contribution in [0, 0.1) is 16.0 Å². The zero-order valence-corrected chi connectivity index (χ0v) is 12.7. The van der Waals surface area contributed by atoms with Gasteiger partial charge in [-0.15, -0.1) is 0 Å². The number of aryl methyl sites for hydroxylation is 1. The van der Waals surface area contributed by atoms with Crippen molar-refractivity contribution in [3.63, 3.8) is 0 Å². The first-order valence-electron chi connectivity index (χ1n) is 7.09. The zero-order valence-electron chi connectivity index (χ0n) is 12.7. The molecule has 6 nitrogen and oxygen atoms in total. The van der Waals surface area contributed by atoms with Crippen LogP contribution in [0.15, 0.2) is 18.2 Å². The molecule has 0 bridgehead atoms. The number of anilines is 1. The minimum Gasteiger partial charge on any atom is -0.381 e. The summed E-state index contributed by atoms with van der Waals surface area (Å²) in [4.78, 5) is 22.3. The summed E-state index contributed by atoms with van der Waals surface area (Å²) >= 11 is 0. The van der Waals surface area contributed by atoms with Gasteiger partial charge in [-0.05, 0) is 18.4 Å². The molecule has 0 saturated carbocycles. The first-order chi connectivity index (χ1) is 9.93. The molecule has 0 spiro atoms. The van der Waals surface area contributed by atoms with Gasteiger partial charge in [0.2, 0.25) is 5.91 Å². The molecule has 0 unspecified atom stereocenters. The Morgan fingerprint density at radius 2 is 2.14 bits per heavy atom. The van der Waals surface area contributed by atoms with Crippen molar-refractivity contribution in [2.75, 3.05) is 18.5 Å². The fourth-order valence-electron chi connectivity index (χ4n) is 1.82. The molecule has 1 aromatic rings. The third-order valence-electron chi connectivity index (χ3n) is 2.87. The molecule has 0 aliphatic carbocycles. The molecule has 0 aliphatic heterocycles. The van der Waals surface area contributed by atoms with Gasteiger partial charge >= 0.3 is 0 Å². The van der Waals surface area contributed by atoms with Crippen LogP contribution in [0.2, 0.25) is 0 Å². The van der Waals surface area contributed by atoms with E-state index in [2.05, 4.69) is 5.32 Å². The van der Waals surface area contributed by atoms with Gasteiger partial charge in [0.05, 0.1) is 18.0 Å². The normalized spacial score (nSPS) is 10.7. The highest BCUT2D eigenvalue weighted by Gasteiger charge is 2.14. The van der Waals surface area contributed by atoms with E-state index in [9.17, 15) is 14.9 Å². The Balaban J connectivity index is 2.56. The number of carbonyl (C=O) groups excluding carboxylic acids is 1. The molecule has 0 radical (unpaired) electrons. The monoisotopic (exact) mass is 294 g/mol. The lowest BCUT2D eigenvalue weighted by Gasteiger charge is -2.08. The molecule has 0 atom stereocenters. The summed E-state index contributed by atoms with van der Waals surface area (Å²) in [5.41, 5.74) is 1.12. The summed E-state index contributed by atoms with van der Waals surface area (Å²) in [7, 11) is 0. The molecule has 0 fully saturated rings. The van der Waals surface area contributed by atoms with Crippen LogP contribution in [0.5, 0.6) is 0 Å². The number of carbonyl (C=O) groups is 1. The van der Waals surface area contributed by atoms with Crippen LogP contribution in [0.3, 0.4) is 0 Å². The maximum Gasteiger partial charge on any atom is 0.274 e. The molecule has 0 aromatic heterocycles. The molecule has 116 valence electrons. The van der Waals surface area contributed by atoms with E-state index in [4.69, 9.17) is 4.74 Å². The van der Waals surface area contributed by atoms with E-state index in [1.807, 2.05) is 20.8 Å². The molecular weight excluding hydrogens is 272 g/mol. The second kappa shape index (κ2) is 8.36. The van der Waals surface area contributed by atoms with Crippen molar-refractivity contribution in [2.45, 2.75) is 33.6 Å². The van der Waals surface area contributed by atoms with E-state index in [1.54, 1.807) is 12.1 Å². The minimum atomic E-state index is -0.430. The summed E-state index contributed by atoms with van der Waals surface area (Å²) in [5.74, 6) is 0.217. The number of nitrogens with one attached hydrogen (secondary N) is 1. The second-order valence-corrected chi connectivity index (χ2v) is 5.22. The lowest BCUT2D eigenvalue weighted by atomic mass is 10.1. The first-order valence-corrected chi connectivity index (χ1v) is 7.09. The number of rotatable bonds is 8. The SMILES string of the molecule is CCc1ccc(NC(=O)CCOCC(C)C)cc1[N+](=O)[O-]. The molecule has 0 saturated heterocycles. The number of nitrogens with zero attached hydrogens (tertiary/aromatic N) is 1. The highest BCUT2D eigenvalue weighted by Crippen LogP contribution is 2.23. The quantitative estimate of drug-likeness (QED) is 0.453. The first kappa shape index (κ1) is 17.1. The molecule has 0 aliphatic rings. The fraction of sp³-hybridized carbons (Fsp3) is 0.533. The highest BCUT2D eigenvalue weighted by molar-refractivity contribution is 5.91. The fourth-order valence-corrected chi connectivity index (χ4v) is 1.82. The van der Waals surface area contributed by atoms with Crippen LogP contribution in [-0.2, 0) is 16.0 Å². The van der Waals surface area contributed by atoms with Crippen LogP contribution in [-0.4, -0.2) is 24.0 Å². The summed E-state index contributed by atoms with van der Waals surface area (Å²) in [6, 6.07) is 4.74. The Bertz CT molecular complexity index is 500. The smallest absolute Gasteiger partial charge is 0.274 e. The van der Waals surface area contributed by atoms with E-state index in [0.29, 0.717) is 36.8 Å². The standard InChI is InChI=1S/C15H22N2O4/c1-4-12-5-6-13(9-14(12)17(19)20)16-15(18)7-8-21-10-11(2)3/h5-6,9,11H,4,7-8,10H2,1-3H3,(H,16,18). The van der Waals surface area contributed by atoms with Gasteiger partial charge in [0.15, 0.2) is 0 Å². The zero-order chi connectivity index (χ0) is 15.8. The van der Waals surface area contributed by atoms with Crippen molar-refractivity contribution in [1.82, 2.24) is 0 Å². The van der Waals surface area contributed by atoms with Gasteiger partial charge < -0.3 is 10.1 Å². The van der Waals surface area contributed by atoms with Crippen LogP contribution >= 0.6 is 0 Å². The molecule has 21 heavy (non-hydrogen) atoms. The van der Waals surface area contributed by atoms with Crippen LogP contribution in [0.25, 0.3) is 0 Å². The number of benzene rings is 1. The maximum atomic E-state index is 11.7. The molecular formula is C15H22N2O4. The number of amides is 1. The summed E-state index contributed by atoms with van der Waals surface area (Å²) in [6.07, 6.45) is 0.809. The molecule has 6 heteroatoms. The highest BCUT2D eigenvalue weighted by atomic mass is 16.6. The largest absolute Gasteiger partial charge is 0.381 e. The van der Waals surface area contributed by atoms with Crippen molar-refractivity contribution < 1.29 is 14.5 Å². The third-order valence-corrected chi connectivity index (χ3v) is 2.87. The topological polar surface area (TPSA) is 81.5 Å². The van der Waals surface area contributed by atoms with Crippen LogP contribution in [0.4, 0.5) is 11.4 Å². The predicted molar refractivity (Wildman–Crippen MR) is 81.4 cm³/mol. The Morgan fingerprint density at radius 1 is 1.43 bits per heavy atom. The van der Waals surface area contributed by atoms with Crippen molar-refractivity contribution in [1.29, 1.82) is 0 Å². The Labute approximate surface area is 124 Å². The summed E-state index contributed by atoms with van der Waals surface area (Å²) < 4.78 is 5.33. The van der Waals surface area contributed by atoms with E-state index >= 15 is 0 Å². The summed E-state index contributed by atoms with van der Waals surface area (Å²) in [5, 5.41) is 13.6. The van der Waals surface area contributed by atoms with Gasteiger partial charge in [-0.25, -0.2) is 0 Å². The van der Waals surface area contributed by atoms with E-state index in [0.717, 1.165) is 0 Å². The number of nitro benzene ring substituents is 1. The Kier molecular flexibility index (Phi) is 6.81. The second-order valence-electron chi connectivity index (χ2n) is 5.22. The van der Waals surface area contributed by atoms with Crippen molar-refractivity contribution >= 4 is 17.3 Å². The van der Waals surface area contributed by atoms with Crippen LogP contribution < -0.4 is 5.32 Å². The number of nitro groups is 1. The lowest BCUT2D eigenvalue weighted by Crippen LogP contribution is -2.15. The summed E-state index contributed by atoms with van der Waals surface area (Å²) in [6.45, 7) is 6.89. The molecule has 1 rings (SSSR count). The third kappa shape index (κ3) is 5.91. The Morgan fingerprint density at radius 3 is 2.71 bits per heavy atom. The maximum absolute atomic E-state index is 11.7. The van der Waals surface area contributed by atoms with Gasteiger partial charge in [0.1, 0.15) is 0 Å². The van der Waals surface area contributed by atoms with Crippen molar-refractivity contribution in [2.24, 2.45) is 5.92 Å². The van der Waals surface area contributed by atoms with Gasteiger partial charge in [-0.1, -0.05) is 26.8 Å². The number of hydrogen-bond acceptors (Lipinski definition) is 4. The molecule has 1 amide bonds. The molecule has 0 heterocycles. The van der Waals surface area contributed by atoms with E-state index in [1.165, 1.54) is 6.07 Å². The number of ether oxygens (including phenoxy) is 1. The minimum absolute atomic E-state index is 0.0337. The van der Waals surface area contributed by atoms with Gasteiger partial charge in [0.25, 0.3) is 5.69 Å². The lowest BCUT2D eigenvalue weighted by molar-refractivity contribution is -0.385. The molecule has 1 N–H and O–H groups in total. The molecule has 1 aromatic carbocycles. The van der Waals surface area contributed by atoms with Crippen LogP contribution in [0.1, 0.15) is 32.8 Å². The van der Waals surface area contributed by atoms with E-state index < -0.39 is 4.92 Å². The predicted octanol–water partition coefficient (Wildman–Crippen LogP) is 3.16. The van der Waals surface area contributed by atoms with Gasteiger partial charge in [0, 0.05) is 23.9 Å². The van der Waals surface area contributed by atoms with Crippen molar-refractivity contribution in [3.05, 3.63) is 33.9 Å². The van der Waals surface area contributed by atoms with Crippen molar-refractivity contribution in [3.8, 4) is 0 Å². The average Bonchev–Trinajstić information content (AvgIpc) is 2.43. The Hall–Kier alpha value is -1.95. The number of hydrogen-bond donors (Lipinski definition) is 1. The van der Waals surface area contributed by atoms with Gasteiger partial charge in [-0.2, -0.15) is 0 Å². The van der Waals surface area contributed by atoms with Gasteiger partial charge in [-0.3, -0.25) is 14.9 Å². The average molecular weight is 294 g/mol.